The molecule has 1 amide bonds. The van der Waals surface area contributed by atoms with Crippen molar-refractivity contribution in [3.05, 3.63) is 35.9 Å². The average molecular weight is 319 g/mol. The van der Waals surface area contributed by atoms with Crippen molar-refractivity contribution in [1.29, 1.82) is 0 Å². The monoisotopic (exact) mass is 319 g/mol. The van der Waals surface area contributed by atoms with E-state index in [1.807, 2.05) is 30.1 Å². The second kappa shape index (κ2) is 9.65. The number of benzene rings is 1. The number of carbonyl (C=O) groups excluding carboxylic acids is 1. The van der Waals surface area contributed by atoms with Crippen LogP contribution in [-0.2, 0) is 16.1 Å². The highest BCUT2D eigenvalue weighted by Gasteiger charge is 2.23. The summed E-state index contributed by atoms with van der Waals surface area (Å²) in [5, 5.41) is 3.06. The predicted octanol–water partition coefficient (Wildman–Crippen LogP) is 1.35. The maximum Gasteiger partial charge on any atom is 0.224 e. The third-order valence-corrected chi connectivity index (χ3v) is 4.26. The van der Waals surface area contributed by atoms with Gasteiger partial charge in [0.25, 0.3) is 0 Å². The molecule has 1 aliphatic heterocycles. The molecule has 1 heterocycles. The number of amides is 1. The largest absolute Gasteiger partial charge is 0.379 e. The summed E-state index contributed by atoms with van der Waals surface area (Å²) in [5.74, 6) is 0.212. The fourth-order valence-electron chi connectivity index (χ4n) is 2.90. The number of nitrogens with one attached hydrogen (secondary N) is 1. The number of ether oxygens (including phenoxy) is 1. The normalized spacial score (nSPS) is 17.0. The van der Waals surface area contributed by atoms with Crippen molar-refractivity contribution in [1.82, 2.24) is 15.1 Å². The number of carbonyl (C=O) groups is 1. The average Bonchev–Trinajstić information content (AvgIpc) is 2.59. The zero-order valence-corrected chi connectivity index (χ0v) is 14.3. The molecule has 23 heavy (non-hydrogen) atoms. The first-order valence-corrected chi connectivity index (χ1v) is 8.49. The Morgan fingerprint density at radius 3 is 2.65 bits per heavy atom. The van der Waals surface area contributed by atoms with Gasteiger partial charge in [0.05, 0.1) is 13.2 Å². The van der Waals surface area contributed by atoms with Gasteiger partial charge in [-0.2, -0.15) is 0 Å². The summed E-state index contributed by atoms with van der Waals surface area (Å²) in [6.07, 6.45) is 0.538. The number of morpholine rings is 1. The Bertz CT molecular complexity index is 461. The van der Waals surface area contributed by atoms with Gasteiger partial charge >= 0.3 is 0 Å². The van der Waals surface area contributed by atoms with Crippen molar-refractivity contribution in [3.63, 3.8) is 0 Å². The Kier molecular flexibility index (Phi) is 7.52. The van der Waals surface area contributed by atoms with E-state index in [0.717, 1.165) is 32.8 Å². The topological polar surface area (TPSA) is 44.8 Å². The summed E-state index contributed by atoms with van der Waals surface area (Å²) < 4.78 is 5.41. The van der Waals surface area contributed by atoms with Crippen molar-refractivity contribution in [2.45, 2.75) is 25.9 Å². The van der Waals surface area contributed by atoms with E-state index in [4.69, 9.17) is 4.74 Å². The molecule has 2 rings (SSSR count). The number of nitrogens with zero attached hydrogens (tertiary/aromatic N) is 2. The quantitative estimate of drug-likeness (QED) is 0.785. The molecule has 1 N–H and O–H groups in total. The third kappa shape index (κ3) is 5.94. The fourth-order valence-corrected chi connectivity index (χ4v) is 2.90. The number of rotatable bonds is 8. The summed E-state index contributed by atoms with van der Waals surface area (Å²) >= 11 is 0. The van der Waals surface area contributed by atoms with Gasteiger partial charge in [0.15, 0.2) is 0 Å². The molecule has 0 bridgehead atoms. The van der Waals surface area contributed by atoms with E-state index in [0.29, 0.717) is 19.5 Å². The van der Waals surface area contributed by atoms with Crippen LogP contribution >= 0.6 is 0 Å². The summed E-state index contributed by atoms with van der Waals surface area (Å²) in [6, 6.07) is 10.4. The lowest BCUT2D eigenvalue weighted by molar-refractivity contribution is -0.134. The van der Waals surface area contributed by atoms with Gasteiger partial charge in [0.2, 0.25) is 5.91 Å². The van der Waals surface area contributed by atoms with Gasteiger partial charge in [-0.1, -0.05) is 30.3 Å². The molecule has 1 aromatic carbocycles. The standard InChI is InChI=1S/C18H29N3O2/c1-16(14-20-10-12-23-13-11-20)21(18(22)8-9-19-2)15-17-6-4-3-5-7-17/h3-7,16,19H,8-15H2,1-2H3. The number of hydrogen-bond donors (Lipinski definition) is 1. The van der Waals surface area contributed by atoms with Crippen LogP contribution in [0.2, 0.25) is 0 Å². The zero-order chi connectivity index (χ0) is 16.5. The van der Waals surface area contributed by atoms with Gasteiger partial charge in [-0.25, -0.2) is 0 Å². The minimum atomic E-state index is 0.192. The maximum atomic E-state index is 12.6. The van der Waals surface area contributed by atoms with E-state index in [1.165, 1.54) is 5.56 Å². The maximum absolute atomic E-state index is 12.6. The molecule has 1 aromatic rings. The van der Waals surface area contributed by atoms with Crippen LogP contribution in [0.3, 0.4) is 0 Å². The Morgan fingerprint density at radius 2 is 2.00 bits per heavy atom. The lowest BCUT2D eigenvalue weighted by Gasteiger charge is -2.35. The molecule has 5 nitrogen and oxygen atoms in total. The molecular formula is C18H29N3O2. The van der Waals surface area contributed by atoms with Crippen LogP contribution in [0.4, 0.5) is 0 Å². The smallest absolute Gasteiger partial charge is 0.224 e. The molecule has 1 atom stereocenters. The summed E-state index contributed by atoms with van der Waals surface area (Å²) in [4.78, 5) is 17.0. The fraction of sp³-hybridized carbons (Fsp3) is 0.611. The second-order valence-corrected chi connectivity index (χ2v) is 6.12. The molecular weight excluding hydrogens is 290 g/mol. The molecule has 128 valence electrons. The summed E-state index contributed by atoms with van der Waals surface area (Å²) in [6.45, 7) is 7.93. The van der Waals surface area contributed by atoms with Gasteiger partial charge < -0.3 is 15.0 Å². The molecule has 1 aliphatic rings. The number of hydrogen-bond acceptors (Lipinski definition) is 4. The van der Waals surface area contributed by atoms with Gasteiger partial charge in [-0.15, -0.1) is 0 Å². The molecule has 1 fully saturated rings. The van der Waals surface area contributed by atoms with E-state index in [-0.39, 0.29) is 11.9 Å². The highest BCUT2D eigenvalue weighted by atomic mass is 16.5. The van der Waals surface area contributed by atoms with Crippen LogP contribution in [0.5, 0.6) is 0 Å². The minimum absolute atomic E-state index is 0.192. The SMILES string of the molecule is CNCCC(=O)N(Cc1ccccc1)C(C)CN1CCOCC1. The molecule has 5 heteroatoms. The molecule has 0 saturated carbocycles. The lowest BCUT2D eigenvalue weighted by Crippen LogP contribution is -2.48. The van der Waals surface area contributed by atoms with Crippen LogP contribution in [-0.4, -0.2) is 68.2 Å². The third-order valence-electron chi connectivity index (χ3n) is 4.26. The minimum Gasteiger partial charge on any atom is -0.379 e. The van der Waals surface area contributed by atoms with Crippen molar-refractivity contribution in [2.75, 3.05) is 46.4 Å². The first-order valence-electron chi connectivity index (χ1n) is 8.49. The molecule has 1 saturated heterocycles. The van der Waals surface area contributed by atoms with E-state index in [1.54, 1.807) is 0 Å². The zero-order valence-electron chi connectivity index (χ0n) is 14.3. The summed E-state index contributed by atoms with van der Waals surface area (Å²) in [7, 11) is 1.88. The van der Waals surface area contributed by atoms with E-state index in [9.17, 15) is 4.79 Å². The predicted molar refractivity (Wildman–Crippen MR) is 92.3 cm³/mol. The Balaban J connectivity index is 2.00. The molecule has 0 aliphatic carbocycles. The van der Waals surface area contributed by atoms with Crippen LogP contribution in [0.1, 0.15) is 18.9 Å². The summed E-state index contributed by atoms with van der Waals surface area (Å²) in [5.41, 5.74) is 1.18. The van der Waals surface area contributed by atoms with Crippen LogP contribution in [0.15, 0.2) is 30.3 Å². The Hall–Kier alpha value is -1.43. The molecule has 1 unspecified atom stereocenters. The van der Waals surface area contributed by atoms with E-state index < -0.39 is 0 Å². The van der Waals surface area contributed by atoms with Crippen molar-refractivity contribution in [2.24, 2.45) is 0 Å². The van der Waals surface area contributed by atoms with Crippen LogP contribution in [0, 0.1) is 0 Å². The first-order chi connectivity index (χ1) is 11.2. The van der Waals surface area contributed by atoms with E-state index in [2.05, 4.69) is 29.3 Å². The Morgan fingerprint density at radius 1 is 1.30 bits per heavy atom. The first kappa shape index (κ1) is 17.9. The van der Waals surface area contributed by atoms with Crippen molar-refractivity contribution in [3.8, 4) is 0 Å². The Labute approximate surface area is 139 Å². The van der Waals surface area contributed by atoms with Crippen molar-refractivity contribution < 1.29 is 9.53 Å². The van der Waals surface area contributed by atoms with Gasteiger partial charge in [-0.05, 0) is 19.5 Å². The molecule has 0 aromatic heterocycles. The van der Waals surface area contributed by atoms with Crippen molar-refractivity contribution >= 4 is 5.91 Å². The van der Waals surface area contributed by atoms with Crippen LogP contribution < -0.4 is 5.32 Å². The second-order valence-electron chi connectivity index (χ2n) is 6.12. The highest BCUT2D eigenvalue weighted by Crippen LogP contribution is 2.12. The highest BCUT2D eigenvalue weighted by molar-refractivity contribution is 5.76. The lowest BCUT2D eigenvalue weighted by atomic mass is 10.1. The van der Waals surface area contributed by atoms with Crippen LogP contribution in [0.25, 0.3) is 0 Å². The molecule has 0 radical (unpaired) electrons. The molecule has 0 spiro atoms. The van der Waals surface area contributed by atoms with Gasteiger partial charge in [-0.3, -0.25) is 9.69 Å². The van der Waals surface area contributed by atoms with Gasteiger partial charge in [0, 0.05) is 45.2 Å². The van der Waals surface area contributed by atoms with Gasteiger partial charge in [0.1, 0.15) is 0 Å². The van der Waals surface area contributed by atoms with E-state index >= 15 is 0 Å².